The monoisotopic (exact) mass is 379 g/mol. The Balaban J connectivity index is 1.56. The zero-order valence-corrected chi connectivity index (χ0v) is 15.7. The van der Waals surface area contributed by atoms with E-state index < -0.39 is 0 Å². The highest BCUT2D eigenvalue weighted by atomic mass is 16.6. The maximum atomic E-state index is 12.1. The normalized spacial score (nSPS) is 15.2. The van der Waals surface area contributed by atoms with Gasteiger partial charge in [0.05, 0.1) is 12.1 Å². The number of ether oxygens (including phenoxy) is 3. The smallest absolute Gasteiger partial charge is 0.336 e. The fourth-order valence-electron chi connectivity index (χ4n) is 3.87. The average Bonchev–Trinajstić information content (AvgIpc) is 2.73. The van der Waals surface area contributed by atoms with Gasteiger partial charge in [0.1, 0.15) is 24.5 Å². The van der Waals surface area contributed by atoms with E-state index in [1.54, 1.807) is 6.07 Å². The molecule has 0 unspecified atom stereocenters. The molecule has 0 atom stereocenters. The lowest BCUT2D eigenvalue weighted by Gasteiger charge is -2.32. The summed E-state index contributed by atoms with van der Waals surface area (Å²) in [5, 5.41) is 0.979. The zero-order chi connectivity index (χ0) is 19.1. The summed E-state index contributed by atoms with van der Waals surface area (Å²) in [6.45, 7) is 4.22. The molecule has 2 aliphatic heterocycles. The zero-order valence-electron chi connectivity index (χ0n) is 15.7. The van der Waals surface area contributed by atoms with E-state index in [2.05, 4.69) is 11.8 Å². The number of aryl methyl sites for hydroxylation is 1. The Labute approximate surface area is 162 Å². The van der Waals surface area contributed by atoms with E-state index in [0.717, 1.165) is 52.3 Å². The molecule has 0 fully saturated rings. The number of benzene rings is 2. The number of hydrogen-bond acceptors (Lipinski definition) is 6. The predicted octanol–water partition coefficient (Wildman–Crippen LogP) is 3.87. The quantitative estimate of drug-likeness (QED) is 0.644. The van der Waals surface area contributed by atoms with Crippen LogP contribution < -0.4 is 24.7 Å². The van der Waals surface area contributed by atoms with Crippen molar-refractivity contribution in [3.8, 4) is 17.2 Å². The molecule has 5 rings (SSSR count). The first-order valence-corrected chi connectivity index (χ1v) is 9.59. The van der Waals surface area contributed by atoms with Crippen LogP contribution in [0.15, 0.2) is 45.6 Å². The van der Waals surface area contributed by atoms with Gasteiger partial charge in [-0.2, -0.15) is 0 Å². The van der Waals surface area contributed by atoms with Crippen molar-refractivity contribution < 1.29 is 18.6 Å². The lowest BCUT2D eigenvalue weighted by atomic mass is 10.0. The second kappa shape index (κ2) is 6.78. The van der Waals surface area contributed by atoms with Crippen LogP contribution in [-0.4, -0.2) is 19.9 Å². The maximum Gasteiger partial charge on any atom is 0.336 e. The van der Waals surface area contributed by atoms with Gasteiger partial charge in [-0.25, -0.2) is 4.79 Å². The predicted molar refractivity (Wildman–Crippen MR) is 106 cm³/mol. The van der Waals surface area contributed by atoms with Crippen molar-refractivity contribution in [2.45, 2.75) is 26.3 Å². The Morgan fingerprint density at radius 1 is 0.964 bits per heavy atom. The van der Waals surface area contributed by atoms with Crippen molar-refractivity contribution in [3.05, 3.63) is 57.9 Å². The average molecular weight is 379 g/mol. The largest absolute Gasteiger partial charge is 0.486 e. The molecule has 0 aliphatic carbocycles. The van der Waals surface area contributed by atoms with Crippen molar-refractivity contribution in [3.63, 3.8) is 0 Å². The standard InChI is InChI=1S/C22H21NO5/c1-2-3-14-10-21(24)28-22-16(14)5-7-18-17(22)12-23(13-27-18)15-4-6-19-20(11-15)26-9-8-25-19/h4-7,10-11H,2-3,8-9,12-13H2,1H3. The van der Waals surface area contributed by atoms with Crippen LogP contribution in [0.2, 0.25) is 0 Å². The summed E-state index contributed by atoms with van der Waals surface area (Å²) in [4.78, 5) is 14.2. The molecule has 6 heteroatoms. The fourth-order valence-corrected chi connectivity index (χ4v) is 3.87. The Bertz CT molecular complexity index is 1100. The molecule has 28 heavy (non-hydrogen) atoms. The summed E-state index contributed by atoms with van der Waals surface area (Å²) in [5.41, 5.74) is 3.19. The van der Waals surface area contributed by atoms with Crippen LogP contribution in [0.25, 0.3) is 11.0 Å². The summed E-state index contributed by atoms with van der Waals surface area (Å²) in [5.74, 6) is 2.26. The van der Waals surface area contributed by atoms with Gasteiger partial charge in [0.15, 0.2) is 18.2 Å². The Morgan fingerprint density at radius 3 is 2.64 bits per heavy atom. The van der Waals surface area contributed by atoms with E-state index in [9.17, 15) is 4.79 Å². The molecule has 3 heterocycles. The van der Waals surface area contributed by atoms with Crippen LogP contribution in [0.3, 0.4) is 0 Å². The third-order valence-electron chi connectivity index (χ3n) is 5.19. The molecule has 0 saturated carbocycles. The van der Waals surface area contributed by atoms with Gasteiger partial charge in [0.2, 0.25) is 0 Å². The molecule has 6 nitrogen and oxygen atoms in total. The molecule has 2 aliphatic rings. The van der Waals surface area contributed by atoms with Gasteiger partial charge in [0.25, 0.3) is 0 Å². The van der Waals surface area contributed by atoms with Gasteiger partial charge in [-0.05, 0) is 36.2 Å². The molecular weight excluding hydrogens is 358 g/mol. The van der Waals surface area contributed by atoms with Gasteiger partial charge in [-0.3, -0.25) is 0 Å². The van der Waals surface area contributed by atoms with E-state index in [-0.39, 0.29) is 5.63 Å². The first-order valence-electron chi connectivity index (χ1n) is 9.59. The first kappa shape index (κ1) is 17.0. The Kier molecular flexibility index (Phi) is 4.11. The summed E-state index contributed by atoms with van der Waals surface area (Å²) in [7, 11) is 0. The maximum absolute atomic E-state index is 12.1. The van der Waals surface area contributed by atoms with Gasteiger partial charge in [-0.15, -0.1) is 0 Å². The summed E-state index contributed by atoms with van der Waals surface area (Å²) in [6.07, 6.45) is 1.81. The number of hydrogen-bond donors (Lipinski definition) is 0. The van der Waals surface area contributed by atoms with E-state index in [4.69, 9.17) is 18.6 Å². The minimum Gasteiger partial charge on any atom is -0.486 e. The highest BCUT2D eigenvalue weighted by Gasteiger charge is 2.24. The lowest BCUT2D eigenvalue weighted by Crippen LogP contribution is -2.32. The van der Waals surface area contributed by atoms with Crippen LogP contribution in [-0.2, 0) is 13.0 Å². The second-order valence-electron chi connectivity index (χ2n) is 7.06. The molecule has 144 valence electrons. The van der Waals surface area contributed by atoms with E-state index in [0.29, 0.717) is 32.1 Å². The SMILES string of the molecule is CCCc1cc(=O)oc2c3c(ccc12)OCN(c1ccc2c(c1)OCCO2)C3. The van der Waals surface area contributed by atoms with Crippen LogP contribution in [0.1, 0.15) is 24.5 Å². The van der Waals surface area contributed by atoms with E-state index in [1.807, 2.05) is 30.3 Å². The van der Waals surface area contributed by atoms with Gasteiger partial charge < -0.3 is 23.5 Å². The van der Waals surface area contributed by atoms with Crippen molar-refractivity contribution in [1.82, 2.24) is 0 Å². The summed E-state index contributed by atoms with van der Waals surface area (Å²) < 4.78 is 22.9. The third-order valence-corrected chi connectivity index (χ3v) is 5.19. The van der Waals surface area contributed by atoms with Crippen molar-refractivity contribution in [2.75, 3.05) is 24.8 Å². The number of anilines is 1. The molecule has 0 radical (unpaired) electrons. The molecule has 2 aromatic carbocycles. The van der Waals surface area contributed by atoms with E-state index >= 15 is 0 Å². The minimum atomic E-state index is -0.319. The molecule has 0 amide bonds. The first-order chi connectivity index (χ1) is 13.7. The second-order valence-corrected chi connectivity index (χ2v) is 7.06. The molecule has 0 saturated heterocycles. The summed E-state index contributed by atoms with van der Waals surface area (Å²) in [6, 6.07) is 11.4. The molecule has 0 N–H and O–H groups in total. The van der Waals surface area contributed by atoms with Crippen LogP contribution >= 0.6 is 0 Å². The molecule has 0 bridgehead atoms. The summed E-state index contributed by atoms with van der Waals surface area (Å²) >= 11 is 0. The van der Waals surface area contributed by atoms with Crippen LogP contribution in [0.4, 0.5) is 5.69 Å². The number of nitrogens with zero attached hydrogens (tertiary/aromatic N) is 1. The van der Waals surface area contributed by atoms with Crippen molar-refractivity contribution >= 4 is 16.7 Å². The van der Waals surface area contributed by atoms with Crippen LogP contribution in [0.5, 0.6) is 17.2 Å². The van der Waals surface area contributed by atoms with E-state index in [1.165, 1.54) is 0 Å². The highest BCUT2D eigenvalue weighted by molar-refractivity contribution is 5.85. The lowest BCUT2D eigenvalue weighted by molar-refractivity contribution is 0.171. The third kappa shape index (κ3) is 2.85. The molecule has 1 aromatic heterocycles. The van der Waals surface area contributed by atoms with Crippen LogP contribution in [0, 0.1) is 0 Å². The van der Waals surface area contributed by atoms with Crippen molar-refractivity contribution in [1.29, 1.82) is 0 Å². The topological polar surface area (TPSA) is 61.1 Å². The molecule has 3 aromatic rings. The Morgan fingerprint density at radius 2 is 1.79 bits per heavy atom. The van der Waals surface area contributed by atoms with Gasteiger partial charge >= 0.3 is 5.63 Å². The molecular formula is C22H21NO5. The number of fused-ring (bicyclic) bond motifs is 4. The van der Waals surface area contributed by atoms with Crippen molar-refractivity contribution in [2.24, 2.45) is 0 Å². The minimum absolute atomic E-state index is 0.319. The fraction of sp³-hybridized carbons (Fsp3) is 0.318. The van der Waals surface area contributed by atoms with Gasteiger partial charge in [-0.1, -0.05) is 13.3 Å². The Hall–Kier alpha value is -3.15. The molecule has 0 spiro atoms. The van der Waals surface area contributed by atoms with Gasteiger partial charge in [0, 0.05) is 23.2 Å². The highest BCUT2D eigenvalue weighted by Crippen LogP contribution is 2.38. The number of rotatable bonds is 3.